The van der Waals surface area contributed by atoms with Gasteiger partial charge in [-0.3, -0.25) is 0 Å². The molecule has 88 valence electrons. The number of hydrogen-bond acceptors (Lipinski definition) is 2. The van der Waals surface area contributed by atoms with Crippen molar-refractivity contribution in [2.45, 2.75) is 19.4 Å². The zero-order valence-corrected chi connectivity index (χ0v) is 11.1. The van der Waals surface area contributed by atoms with Crippen LogP contribution in [0, 0.1) is 6.92 Å². The first-order valence-corrected chi connectivity index (χ1v) is 6.94. The molecule has 2 heteroatoms. The summed E-state index contributed by atoms with van der Waals surface area (Å²) in [7, 11) is 2.21. The lowest BCUT2D eigenvalue weighted by Gasteiger charge is -2.32. The summed E-state index contributed by atoms with van der Waals surface area (Å²) in [5, 5.41) is 2.21. The molecule has 1 aliphatic heterocycles. The van der Waals surface area contributed by atoms with Crippen LogP contribution in [0.25, 0.3) is 0 Å². The van der Waals surface area contributed by atoms with Gasteiger partial charge >= 0.3 is 0 Å². The number of nitrogens with zero attached hydrogens (tertiary/aromatic N) is 1. The Morgan fingerprint density at radius 3 is 2.76 bits per heavy atom. The van der Waals surface area contributed by atoms with Crippen molar-refractivity contribution in [1.29, 1.82) is 0 Å². The van der Waals surface area contributed by atoms with Gasteiger partial charge in [0.25, 0.3) is 0 Å². The zero-order chi connectivity index (χ0) is 11.8. The maximum atomic E-state index is 2.42. The fourth-order valence-corrected chi connectivity index (χ4v) is 3.57. The van der Waals surface area contributed by atoms with Gasteiger partial charge < -0.3 is 4.90 Å². The molecule has 0 radical (unpaired) electrons. The molecule has 1 nitrogen and oxygen atoms in total. The van der Waals surface area contributed by atoms with E-state index >= 15 is 0 Å². The summed E-state index contributed by atoms with van der Waals surface area (Å²) in [6.45, 7) is 4.45. The van der Waals surface area contributed by atoms with E-state index in [1.807, 2.05) is 11.3 Å². The summed E-state index contributed by atoms with van der Waals surface area (Å²) >= 11 is 1.86. The second-order valence-corrected chi connectivity index (χ2v) is 6.00. The Balaban J connectivity index is 2.10. The lowest BCUT2D eigenvalue weighted by atomic mass is 9.85. The number of thiophene rings is 1. The van der Waals surface area contributed by atoms with E-state index in [-0.39, 0.29) is 0 Å². The standard InChI is InChI=1S/C15H17NS/c1-11-13(7-8-17-11)15-10-16(2)9-12-5-3-4-6-14(12)15/h3-8,15H,9-10H2,1-2H3. The van der Waals surface area contributed by atoms with E-state index in [0.717, 1.165) is 13.1 Å². The number of likely N-dealkylation sites (N-methyl/N-ethyl adjacent to an activating group) is 1. The van der Waals surface area contributed by atoms with E-state index in [0.29, 0.717) is 5.92 Å². The van der Waals surface area contributed by atoms with Crippen molar-refractivity contribution >= 4 is 11.3 Å². The molecular formula is C15H17NS. The summed E-state index contributed by atoms with van der Waals surface area (Å²) in [6.07, 6.45) is 0. The third-order valence-electron chi connectivity index (χ3n) is 3.64. The Kier molecular flexibility index (Phi) is 2.77. The number of aryl methyl sites for hydroxylation is 1. The van der Waals surface area contributed by atoms with Crippen LogP contribution in [-0.2, 0) is 6.54 Å². The predicted octanol–water partition coefficient (Wildman–Crippen LogP) is 3.63. The van der Waals surface area contributed by atoms with Crippen molar-refractivity contribution in [3.05, 3.63) is 57.3 Å². The molecule has 2 heterocycles. The van der Waals surface area contributed by atoms with Crippen molar-refractivity contribution in [3.63, 3.8) is 0 Å². The van der Waals surface area contributed by atoms with Crippen LogP contribution in [0.15, 0.2) is 35.7 Å². The molecule has 0 fully saturated rings. The Morgan fingerprint density at radius 2 is 2.00 bits per heavy atom. The second kappa shape index (κ2) is 4.28. The second-order valence-electron chi connectivity index (χ2n) is 4.88. The molecule has 2 aromatic rings. The maximum Gasteiger partial charge on any atom is 0.0234 e. The molecule has 0 amide bonds. The third kappa shape index (κ3) is 1.92. The Bertz CT molecular complexity index is 529. The first-order chi connectivity index (χ1) is 8.25. The van der Waals surface area contributed by atoms with Gasteiger partial charge in [0.15, 0.2) is 0 Å². The van der Waals surface area contributed by atoms with Gasteiger partial charge in [-0.15, -0.1) is 11.3 Å². The van der Waals surface area contributed by atoms with E-state index < -0.39 is 0 Å². The van der Waals surface area contributed by atoms with Gasteiger partial charge in [-0.2, -0.15) is 0 Å². The van der Waals surface area contributed by atoms with Gasteiger partial charge in [0.05, 0.1) is 0 Å². The number of hydrogen-bond donors (Lipinski definition) is 0. The molecule has 0 saturated carbocycles. The number of benzene rings is 1. The van der Waals surface area contributed by atoms with E-state index in [4.69, 9.17) is 0 Å². The molecule has 1 aromatic heterocycles. The fraction of sp³-hybridized carbons (Fsp3) is 0.333. The van der Waals surface area contributed by atoms with Crippen molar-refractivity contribution in [2.24, 2.45) is 0 Å². The summed E-state index contributed by atoms with van der Waals surface area (Å²) < 4.78 is 0. The van der Waals surface area contributed by atoms with Gasteiger partial charge in [0, 0.05) is 23.9 Å². The van der Waals surface area contributed by atoms with Gasteiger partial charge in [0.2, 0.25) is 0 Å². The monoisotopic (exact) mass is 243 g/mol. The van der Waals surface area contributed by atoms with Gasteiger partial charge in [-0.25, -0.2) is 0 Å². The average Bonchev–Trinajstić information content (AvgIpc) is 2.74. The van der Waals surface area contributed by atoms with Crippen LogP contribution in [0.2, 0.25) is 0 Å². The summed E-state index contributed by atoms with van der Waals surface area (Å²) in [5.74, 6) is 0.552. The van der Waals surface area contributed by atoms with E-state index in [9.17, 15) is 0 Å². The van der Waals surface area contributed by atoms with E-state index in [1.54, 1.807) is 0 Å². The highest BCUT2D eigenvalue weighted by Crippen LogP contribution is 2.35. The minimum Gasteiger partial charge on any atom is -0.301 e. The smallest absolute Gasteiger partial charge is 0.0234 e. The third-order valence-corrected chi connectivity index (χ3v) is 4.50. The summed E-state index contributed by atoms with van der Waals surface area (Å²) in [6, 6.07) is 11.2. The van der Waals surface area contributed by atoms with Crippen LogP contribution in [0.3, 0.4) is 0 Å². The first-order valence-electron chi connectivity index (χ1n) is 6.06. The fourth-order valence-electron chi connectivity index (χ4n) is 2.81. The molecule has 3 rings (SSSR count). The Hall–Kier alpha value is -1.12. The molecule has 0 N–H and O–H groups in total. The van der Waals surface area contributed by atoms with Crippen LogP contribution in [0.5, 0.6) is 0 Å². The lowest BCUT2D eigenvalue weighted by molar-refractivity contribution is 0.295. The largest absolute Gasteiger partial charge is 0.301 e. The molecular weight excluding hydrogens is 226 g/mol. The Labute approximate surface area is 107 Å². The molecule has 1 aliphatic rings. The van der Waals surface area contributed by atoms with Crippen molar-refractivity contribution in [2.75, 3.05) is 13.6 Å². The summed E-state index contributed by atoms with van der Waals surface area (Å²) in [4.78, 5) is 3.88. The van der Waals surface area contributed by atoms with Crippen LogP contribution < -0.4 is 0 Å². The van der Waals surface area contributed by atoms with Crippen molar-refractivity contribution in [1.82, 2.24) is 4.90 Å². The van der Waals surface area contributed by atoms with Gasteiger partial charge in [-0.1, -0.05) is 24.3 Å². The Morgan fingerprint density at radius 1 is 1.18 bits per heavy atom. The van der Waals surface area contributed by atoms with E-state index in [1.165, 1.54) is 21.6 Å². The van der Waals surface area contributed by atoms with Crippen molar-refractivity contribution < 1.29 is 0 Å². The van der Waals surface area contributed by atoms with Crippen LogP contribution in [-0.4, -0.2) is 18.5 Å². The molecule has 0 saturated heterocycles. The highest BCUT2D eigenvalue weighted by molar-refractivity contribution is 7.10. The van der Waals surface area contributed by atoms with Gasteiger partial charge in [-0.05, 0) is 42.1 Å². The van der Waals surface area contributed by atoms with Crippen LogP contribution >= 0.6 is 11.3 Å². The number of rotatable bonds is 1. The quantitative estimate of drug-likeness (QED) is 0.739. The molecule has 1 aromatic carbocycles. The molecule has 0 spiro atoms. The van der Waals surface area contributed by atoms with Crippen molar-refractivity contribution in [3.8, 4) is 0 Å². The zero-order valence-electron chi connectivity index (χ0n) is 10.3. The highest BCUT2D eigenvalue weighted by atomic mass is 32.1. The normalized spacial score (nSPS) is 20.2. The molecule has 0 aliphatic carbocycles. The minimum absolute atomic E-state index is 0.552. The maximum absolute atomic E-state index is 2.42. The molecule has 1 unspecified atom stereocenters. The molecule has 0 bridgehead atoms. The molecule has 1 atom stereocenters. The van der Waals surface area contributed by atoms with Crippen LogP contribution in [0.1, 0.15) is 27.5 Å². The lowest BCUT2D eigenvalue weighted by Crippen LogP contribution is -2.30. The average molecular weight is 243 g/mol. The van der Waals surface area contributed by atoms with E-state index in [2.05, 4.69) is 54.6 Å². The predicted molar refractivity (Wildman–Crippen MR) is 73.7 cm³/mol. The highest BCUT2D eigenvalue weighted by Gasteiger charge is 2.25. The topological polar surface area (TPSA) is 3.24 Å². The van der Waals surface area contributed by atoms with Crippen LogP contribution in [0.4, 0.5) is 0 Å². The molecule has 17 heavy (non-hydrogen) atoms. The summed E-state index contributed by atoms with van der Waals surface area (Å²) in [5.41, 5.74) is 4.51. The first kappa shape index (κ1) is 11.0. The van der Waals surface area contributed by atoms with Gasteiger partial charge in [0.1, 0.15) is 0 Å². The minimum atomic E-state index is 0.552. The number of fused-ring (bicyclic) bond motifs is 1. The SMILES string of the molecule is Cc1sccc1C1CN(C)Cc2ccccc21.